The van der Waals surface area contributed by atoms with Crippen LogP contribution in [0.5, 0.6) is 0 Å². The minimum absolute atomic E-state index is 0.144. The van der Waals surface area contributed by atoms with E-state index < -0.39 is 0 Å². The summed E-state index contributed by atoms with van der Waals surface area (Å²) in [6.45, 7) is 13.9. The van der Waals surface area contributed by atoms with Crippen molar-refractivity contribution in [1.82, 2.24) is 10.2 Å². The van der Waals surface area contributed by atoms with Gasteiger partial charge in [0, 0.05) is 17.6 Å². The molecular formula is C16H30N2O. The second kappa shape index (κ2) is 7.11. The Morgan fingerprint density at radius 2 is 2.00 bits per heavy atom. The molecule has 0 aliphatic rings. The summed E-state index contributed by atoms with van der Waals surface area (Å²) < 4.78 is 5.63. The van der Waals surface area contributed by atoms with Crippen LogP contribution in [-0.4, -0.2) is 24.0 Å². The summed E-state index contributed by atoms with van der Waals surface area (Å²) in [6, 6.07) is 2.16. The molecule has 19 heavy (non-hydrogen) atoms. The third-order valence-corrected chi connectivity index (χ3v) is 3.04. The molecule has 0 aromatic carbocycles. The molecule has 0 saturated carbocycles. The largest absolute Gasteiger partial charge is 0.468 e. The van der Waals surface area contributed by atoms with E-state index in [1.165, 1.54) is 12.0 Å². The van der Waals surface area contributed by atoms with Gasteiger partial charge in [0.25, 0.3) is 0 Å². The highest BCUT2D eigenvalue weighted by molar-refractivity contribution is 5.12. The molecule has 0 bridgehead atoms. The monoisotopic (exact) mass is 266 g/mol. The zero-order valence-corrected chi connectivity index (χ0v) is 13.4. The van der Waals surface area contributed by atoms with E-state index in [0.717, 1.165) is 31.3 Å². The standard InChI is InChI=1S/C16H30N2O/c1-13(2)7-8-18(6)11-15-9-14(12-19-15)10-17-16(3,4)5/h9,12-13,17H,7-8,10-11H2,1-6H3. The van der Waals surface area contributed by atoms with E-state index in [-0.39, 0.29) is 5.54 Å². The molecular weight excluding hydrogens is 236 g/mol. The van der Waals surface area contributed by atoms with E-state index in [2.05, 4.69) is 57.9 Å². The molecule has 3 nitrogen and oxygen atoms in total. The first kappa shape index (κ1) is 16.3. The van der Waals surface area contributed by atoms with Gasteiger partial charge in [0.1, 0.15) is 5.76 Å². The maximum absolute atomic E-state index is 5.63. The molecule has 0 fully saturated rings. The molecule has 0 spiro atoms. The van der Waals surface area contributed by atoms with Crippen molar-refractivity contribution in [3.8, 4) is 0 Å². The predicted octanol–water partition coefficient (Wildman–Crippen LogP) is 3.65. The number of hydrogen-bond donors (Lipinski definition) is 1. The van der Waals surface area contributed by atoms with Gasteiger partial charge in [-0.25, -0.2) is 0 Å². The zero-order valence-electron chi connectivity index (χ0n) is 13.4. The van der Waals surface area contributed by atoms with Gasteiger partial charge in [-0.2, -0.15) is 0 Å². The van der Waals surface area contributed by atoms with Gasteiger partial charge in [-0.05, 0) is 52.8 Å². The SMILES string of the molecule is CC(C)CCN(C)Cc1cc(CNC(C)(C)C)co1. The minimum atomic E-state index is 0.144. The Balaban J connectivity index is 2.38. The van der Waals surface area contributed by atoms with Crippen molar-refractivity contribution in [3.63, 3.8) is 0 Å². The van der Waals surface area contributed by atoms with E-state index in [1.54, 1.807) is 0 Å². The quantitative estimate of drug-likeness (QED) is 0.816. The fraction of sp³-hybridized carbons (Fsp3) is 0.750. The van der Waals surface area contributed by atoms with Crippen molar-refractivity contribution in [1.29, 1.82) is 0 Å². The molecule has 1 N–H and O–H groups in total. The van der Waals surface area contributed by atoms with Crippen LogP contribution < -0.4 is 5.32 Å². The molecule has 0 unspecified atom stereocenters. The Morgan fingerprint density at radius 3 is 2.58 bits per heavy atom. The first-order valence-electron chi connectivity index (χ1n) is 7.26. The fourth-order valence-corrected chi connectivity index (χ4v) is 1.79. The molecule has 0 radical (unpaired) electrons. The van der Waals surface area contributed by atoms with Gasteiger partial charge in [-0.3, -0.25) is 4.90 Å². The smallest absolute Gasteiger partial charge is 0.118 e. The maximum atomic E-state index is 5.63. The van der Waals surface area contributed by atoms with Crippen LogP contribution in [-0.2, 0) is 13.1 Å². The molecule has 1 aromatic rings. The lowest BCUT2D eigenvalue weighted by atomic mass is 10.1. The van der Waals surface area contributed by atoms with Crippen LogP contribution in [0.4, 0.5) is 0 Å². The Bertz CT molecular complexity index is 363. The Labute approximate surface area is 118 Å². The molecule has 0 saturated heterocycles. The first-order valence-corrected chi connectivity index (χ1v) is 7.26. The summed E-state index contributed by atoms with van der Waals surface area (Å²) in [5.74, 6) is 1.81. The van der Waals surface area contributed by atoms with Gasteiger partial charge in [0.05, 0.1) is 12.8 Å². The minimum Gasteiger partial charge on any atom is -0.468 e. The summed E-state index contributed by atoms with van der Waals surface area (Å²) >= 11 is 0. The van der Waals surface area contributed by atoms with E-state index >= 15 is 0 Å². The molecule has 3 heteroatoms. The van der Waals surface area contributed by atoms with Gasteiger partial charge in [0.2, 0.25) is 0 Å². The summed E-state index contributed by atoms with van der Waals surface area (Å²) in [6.07, 6.45) is 3.10. The summed E-state index contributed by atoms with van der Waals surface area (Å²) in [5, 5.41) is 3.47. The number of hydrogen-bond acceptors (Lipinski definition) is 3. The topological polar surface area (TPSA) is 28.4 Å². The number of rotatable bonds is 7. The van der Waals surface area contributed by atoms with Crippen LogP contribution in [0.25, 0.3) is 0 Å². The molecule has 1 aromatic heterocycles. The van der Waals surface area contributed by atoms with Crippen LogP contribution in [0, 0.1) is 5.92 Å². The van der Waals surface area contributed by atoms with Crippen molar-refractivity contribution in [2.24, 2.45) is 5.92 Å². The molecule has 0 aliphatic heterocycles. The molecule has 0 amide bonds. The van der Waals surface area contributed by atoms with Crippen molar-refractivity contribution in [3.05, 3.63) is 23.7 Å². The van der Waals surface area contributed by atoms with Crippen LogP contribution in [0.2, 0.25) is 0 Å². The van der Waals surface area contributed by atoms with Crippen molar-refractivity contribution in [2.75, 3.05) is 13.6 Å². The fourth-order valence-electron chi connectivity index (χ4n) is 1.79. The second-order valence-corrected chi connectivity index (χ2v) is 6.95. The summed E-state index contributed by atoms with van der Waals surface area (Å²) in [5.41, 5.74) is 1.37. The molecule has 0 aliphatic carbocycles. The van der Waals surface area contributed by atoms with Crippen LogP contribution >= 0.6 is 0 Å². The van der Waals surface area contributed by atoms with Crippen LogP contribution in [0.1, 0.15) is 52.4 Å². The first-order chi connectivity index (χ1) is 8.76. The van der Waals surface area contributed by atoms with Crippen LogP contribution in [0.3, 0.4) is 0 Å². The normalized spacial score (nSPS) is 12.6. The lowest BCUT2D eigenvalue weighted by Gasteiger charge is -2.19. The van der Waals surface area contributed by atoms with Gasteiger partial charge >= 0.3 is 0 Å². The highest BCUT2D eigenvalue weighted by Crippen LogP contribution is 2.12. The van der Waals surface area contributed by atoms with Gasteiger partial charge < -0.3 is 9.73 Å². The second-order valence-electron chi connectivity index (χ2n) is 6.95. The third kappa shape index (κ3) is 7.38. The molecule has 0 atom stereocenters. The van der Waals surface area contributed by atoms with Gasteiger partial charge in [0.15, 0.2) is 0 Å². The van der Waals surface area contributed by atoms with Crippen molar-refractivity contribution in [2.45, 2.75) is 59.7 Å². The Hall–Kier alpha value is -0.800. The number of nitrogens with one attached hydrogen (secondary N) is 1. The predicted molar refractivity (Wildman–Crippen MR) is 81.1 cm³/mol. The molecule has 110 valence electrons. The van der Waals surface area contributed by atoms with E-state index in [1.807, 2.05) is 6.26 Å². The Morgan fingerprint density at radius 1 is 1.32 bits per heavy atom. The van der Waals surface area contributed by atoms with Gasteiger partial charge in [-0.1, -0.05) is 13.8 Å². The van der Waals surface area contributed by atoms with Crippen molar-refractivity contribution >= 4 is 0 Å². The third-order valence-electron chi connectivity index (χ3n) is 3.04. The summed E-state index contributed by atoms with van der Waals surface area (Å²) in [4.78, 5) is 2.32. The lowest BCUT2D eigenvalue weighted by molar-refractivity contribution is 0.278. The van der Waals surface area contributed by atoms with Gasteiger partial charge in [-0.15, -0.1) is 0 Å². The average molecular weight is 266 g/mol. The average Bonchev–Trinajstić information content (AvgIpc) is 2.70. The Kier molecular flexibility index (Phi) is 6.08. The van der Waals surface area contributed by atoms with E-state index in [9.17, 15) is 0 Å². The number of furan rings is 1. The molecule has 1 rings (SSSR count). The van der Waals surface area contributed by atoms with E-state index in [4.69, 9.17) is 4.42 Å². The highest BCUT2D eigenvalue weighted by Gasteiger charge is 2.10. The lowest BCUT2D eigenvalue weighted by Crippen LogP contribution is -2.34. The number of nitrogens with zero attached hydrogens (tertiary/aromatic N) is 1. The van der Waals surface area contributed by atoms with Crippen LogP contribution in [0.15, 0.2) is 16.7 Å². The van der Waals surface area contributed by atoms with Crippen molar-refractivity contribution < 1.29 is 4.42 Å². The maximum Gasteiger partial charge on any atom is 0.118 e. The van der Waals surface area contributed by atoms with E-state index in [0.29, 0.717) is 0 Å². The molecule has 1 heterocycles. The zero-order chi connectivity index (χ0) is 14.5. The highest BCUT2D eigenvalue weighted by atomic mass is 16.3. The summed E-state index contributed by atoms with van der Waals surface area (Å²) in [7, 11) is 2.15.